The van der Waals surface area contributed by atoms with Gasteiger partial charge in [-0.1, -0.05) is 18.2 Å². The van der Waals surface area contributed by atoms with E-state index >= 15 is 0 Å². The summed E-state index contributed by atoms with van der Waals surface area (Å²) in [6.45, 7) is -0.285. The van der Waals surface area contributed by atoms with E-state index in [-0.39, 0.29) is 19.3 Å². The Morgan fingerprint density at radius 1 is 0.750 bits per heavy atom. The van der Waals surface area contributed by atoms with Crippen LogP contribution in [-0.4, -0.2) is 13.2 Å². The summed E-state index contributed by atoms with van der Waals surface area (Å²) < 4.78 is 62.2. The highest BCUT2D eigenvalue weighted by atomic mass is 19.2. The van der Waals surface area contributed by atoms with E-state index in [1.54, 1.807) is 30.3 Å². The molecule has 2 nitrogen and oxygen atoms in total. The molecule has 0 heterocycles. The van der Waals surface area contributed by atoms with Gasteiger partial charge < -0.3 is 9.47 Å². The van der Waals surface area contributed by atoms with Gasteiger partial charge in [0, 0.05) is 6.07 Å². The van der Waals surface area contributed by atoms with E-state index in [9.17, 15) is 17.6 Å². The van der Waals surface area contributed by atoms with Gasteiger partial charge in [-0.05, 0) is 12.1 Å². The maximum atomic E-state index is 13.2. The number of halogens is 4. The summed E-state index contributed by atoms with van der Waals surface area (Å²) in [5.74, 6) is -6.69. The summed E-state index contributed by atoms with van der Waals surface area (Å²) in [6, 6.07) is 8.78. The first-order valence-electron chi connectivity index (χ1n) is 5.73. The Labute approximate surface area is 112 Å². The minimum absolute atomic E-state index is 0.0268. The SMILES string of the molecule is Fc1cc(F)c(F)c(OCCOc2ccccc2)c1F. The highest BCUT2D eigenvalue weighted by Gasteiger charge is 2.20. The lowest BCUT2D eigenvalue weighted by Crippen LogP contribution is -2.12. The summed E-state index contributed by atoms with van der Waals surface area (Å²) in [4.78, 5) is 0. The molecule has 0 aromatic heterocycles. The van der Waals surface area contributed by atoms with Gasteiger partial charge in [0.05, 0.1) is 0 Å². The molecule has 0 fully saturated rings. The molecule has 20 heavy (non-hydrogen) atoms. The van der Waals surface area contributed by atoms with Crippen LogP contribution in [0.4, 0.5) is 17.6 Å². The highest BCUT2D eigenvalue weighted by Crippen LogP contribution is 2.26. The van der Waals surface area contributed by atoms with Crippen molar-refractivity contribution in [1.82, 2.24) is 0 Å². The van der Waals surface area contributed by atoms with E-state index in [4.69, 9.17) is 9.47 Å². The van der Waals surface area contributed by atoms with E-state index in [2.05, 4.69) is 0 Å². The zero-order chi connectivity index (χ0) is 14.5. The van der Waals surface area contributed by atoms with Crippen LogP contribution in [0, 0.1) is 23.3 Å². The average Bonchev–Trinajstić information content (AvgIpc) is 2.45. The van der Waals surface area contributed by atoms with Gasteiger partial charge in [0.1, 0.15) is 19.0 Å². The molecule has 6 heteroatoms. The van der Waals surface area contributed by atoms with Gasteiger partial charge in [-0.25, -0.2) is 8.78 Å². The van der Waals surface area contributed by atoms with E-state index in [1.165, 1.54) is 0 Å². The van der Waals surface area contributed by atoms with Crippen molar-refractivity contribution in [2.45, 2.75) is 0 Å². The average molecular weight is 286 g/mol. The number of benzene rings is 2. The number of para-hydroxylation sites is 1. The molecule has 0 unspecified atom stereocenters. The molecule has 0 atom stereocenters. The molecule has 2 aromatic rings. The molecule has 0 amide bonds. The molecule has 0 saturated carbocycles. The Morgan fingerprint density at radius 2 is 1.30 bits per heavy atom. The minimum atomic E-state index is -1.57. The summed E-state index contributed by atoms with van der Waals surface area (Å²) in [7, 11) is 0. The van der Waals surface area contributed by atoms with Crippen LogP contribution in [0.5, 0.6) is 11.5 Å². The first kappa shape index (κ1) is 14.2. The Bertz CT molecular complexity index is 561. The summed E-state index contributed by atoms with van der Waals surface area (Å²) in [5.41, 5.74) is 0. The number of hydrogen-bond donors (Lipinski definition) is 0. The normalized spacial score (nSPS) is 10.4. The Hall–Kier alpha value is -2.24. The van der Waals surface area contributed by atoms with Crippen molar-refractivity contribution in [2.75, 3.05) is 13.2 Å². The van der Waals surface area contributed by atoms with Crippen molar-refractivity contribution in [3.8, 4) is 11.5 Å². The zero-order valence-electron chi connectivity index (χ0n) is 10.2. The maximum absolute atomic E-state index is 13.2. The largest absolute Gasteiger partial charge is 0.490 e. The second kappa shape index (κ2) is 6.27. The van der Waals surface area contributed by atoms with Gasteiger partial charge in [-0.2, -0.15) is 8.78 Å². The van der Waals surface area contributed by atoms with E-state index in [0.717, 1.165) is 0 Å². The van der Waals surface area contributed by atoms with Gasteiger partial charge in [0.25, 0.3) is 0 Å². The van der Waals surface area contributed by atoms with Crippen molar-refractivity contribution >= 4 is 0 Å². The molecule has 0 saturated heterocycles. The molecule has 106 valence electrons. The van der Waals surface area contributed by atoms with Gasteiger partial charge in [0.15, 0.2) is 17.4 Å². The zero-order valence-corrected chi connectivity index (χ0v) is 10.2. The third-order valence-corrected chi connectivity index (χ3v) is 2.41. The fourth-order valence-electron chi connectivity index (χ4n) is 1.50. The van der Waals surface area contributed by atoms with E-state index in [0.29, 0.717) is 5.75 Å². The van der Waals surface area contributed by atoms with Crippen molar-refractivity contribution in [3.63, 3.8) is 0 Å². The minimum Gasteiger partial charge on any atom is -0.490 e. The summed E-state index contributed by atoms with van der Waals surface area (Å²) >= 11 is 0. The Kier molecular flexibility index (Phi) is 4.45. The molecular weight excluding hydrogens is 276 g/mol. The molecule has 2 rings (SSSR count). The quantitative estimate of drug-likeness (QED) is 0.474. The molecule has 0 bridgehead atoms. The predicted octanol–water partition coefficient (Wildman–Crippen LogP) is 3.70. The number of hydrogen-bond acceptors (Lipinski definition) is 2. The van der Waals surface area contributed by atoms with E-state index < -0.39 is 29.0 Å². The predicted molar refractivity (Wildman–Crippen MR) is 63.7 cm³/mol. The summed E-state index contributed by atoms with van der Waals surface area (Å²) in [5, 5.41) is 0. The summed E-state index contributed by atoms with van der Waals surface area (Å²) in [6.07, 6.45) is 0. The van der Waals surface area contributed by atoms with Crippen LogP contribution in [0.25, 0.3) is 0 Å². The molecular formula is C14H10F4O2. The van der Waals surface area contributed by atoms with Crippen molar-refractivity contribution in [1.29, 1.82) is 0 Å². The third-order valence-electron chi connectivity index (χ3n) is 2.41. The second-order valence-corrected chi connectivity index (χ2v) is 3.81. The van der Waals surface area contributed by atoms with Crippen LogP contribution >= 0.6 is 0 Å². The number of rotatable bonds is 5. The lowest BCUT2D eigenvalue weighted by Gasteiger charge is -2.10. The van der Waals surface area contributed by atoms with Crippen molar-refractivity contribution < 1.29 is 27.0 Å². The Balaban J connectivity index is 1.95. The smallest absolute Gasteiger partial charge is 0.203 e. The van der Waals surface area contributed by atoms with Crippen molar-refractivity contribution in [3.05, 3.63) is 59.7 Å². The molecule has 0 spiro atoms. The maximum Gasteiger partial charge on any atom is 0.203 e. The topological polar surface area (TPSA) is 18.5 Å². The van der Waals surface area contributed by atoms with Crippen molar-refractivity contribution in [2.24, 2.45) is 0 Å². The molecule has 0 aliphatic rings. The van der Waals surface area contributed by atoms with Crippen LogP contribution in [0.2, 0.25) is 0 Å². The first-order valence-corrected chi connectivity index (χ1v) is 5.73. The van der Waals surface area contributed by atoms with Gasteiger partial charge >= 0.3 is 0 Å². The molecule has 0 aliphatic heterocycles. The Morgan fingerprint density at radius 3 is 1.90 bits per heavy atom. The van der Waals surface area contributed by atoms with Crippen LogP contribution < -0.4 is 9.47 Å². The monoisotopic (exact) mass is 286 g/mol. The fraction of sp³-hybridized carbons (Fsp3) is 0.143. The lowest BCUT2D eigenvalue weighted by atomic mass is 10.3. The van der Waals surface area contributed by atoms with Crippen LogP contribution in [0.3, 0.4) is 0 Å². The van der Waals surface area contributed by atoms with Crippen LogP contribution in [0.1, 0.15) is 0 Å². The number of ether oxygens (including phenoxy) is 2. The van der Waals surface area contributed by atoms with Crippen LogP contribution in [-0.2, 0) is 0 Å². The molecule has 0 aliphatic carbocycles. The molecule has 0 N–H and O–H groups in total. The van der Waals surface area contributed by atoms with Crippen LogP contribution in [0.15, 0.2) is 36.4 Å². The first-order chi connectivity index (χ1) is 9.59. The fourth-order valence-corrected chi connectivity index (χ4v) is 1.50. The highest BCUT2D eigenvalue weighted by molar-refractivity contribution is 5.28. The standard InChI is InChI=1S/C14H10F4O2/c15-10-8-11(16)13(18)14(12(10)17)20-7-6-19-9-4-2-1-3-5-9/h1-5,8H,6-7H2. The van der Waals surface area contributed by atoms with Gasteiger partial charge in [-0.15, -0.1) is 0 Å². The lowest BCUT2D eigenvalue weighted by molar-refractivity contribution is 0.201. The molecule has 2 aromatic carbocycles. The van der Waals surface area contributed by atoms with Gasteiger partial charge in [-0.3, -0.25) is 0 Å². The van der Waals surface area contributed by atoms with Gasteiger partial charge in [0.2, 0.25) is 11.6 Å². The van der Waals surface area contributed by atoms with E-state index in [1.807, 2.05) is 0 Å². The third kappa shape index (κ3) is 3.20. The second-order valence-electron chi connectivity index (χ2n) is 3.81. The molecule has 0 radical (unpaired) electrons.